The second-order valence-electron chi connectivity index (χ2n) is 10.7. The highest BCUT2D eigenvalue weighted by Crippen LogP contribution is 2.44. The maximum atomic E-state index is 16.3. The molecule has 3 atom stereocenters. The van der Waals surface area contributed by atoms with Crippen molar-refractivity contribution in [1.29, 1.82) is 0 Å². The first-order valence-corrected chi connectivity index (χ1v) is 13.4. The van der Waals surface area contributed by atoms with Crippen LogP contribution in [0.3, 0.4) is 0 Å². The number of nitrogens with one attached hydrogen (secondary N) is 2. The van der Waals surface area contributed by atoms with Gasteiger partial charge in [-0.15, -0.1) is 13.2 Å². The lowest BCUT2D eigenvalue weighted by Gasteiger charge is -2.28. The van der Waals surface area contributed by atoms with Gasteiger partial charge < -0.3 is 30.7 Å². The fourth-order valence-corrected chi connectivity index (χ4v) is 5.09. The molecule has 1 aliphatic rings. The topological polar surface area (TPSA) is 97.6 Å². The summed E-state index contributed by atoms with van der Waals surface area (Å²) in [5.41, 5.74) is 5.24. The van der Waals surface area contributed by atoms with Crippen LogP contribution in [0.2, 0.25) is 0 Å². The number of halogens is 5. The summed E-state index contributed by atoms with van der Waals surface area (Å²) in [7, 11) is 4.00. The Morgan fingerprint density at radius 1 is 1.17 bits per heavy atom. The Bertz CT molecular complexity index is 1430. The molecule has 2 aromatic heterocycles. The minimum absolute atomic E-state index is 0.0399. The van der Waals surface area contributed by atoms with Crippen molar-refractivity contribution < 1.29 is 31.4 Å². The van der Waals surface area contributed by atoms with Gasteiger partial charge in [0.15, 0.2) is 17.4 Å². The van der Waals surface area contributed by atoms with Crippen LogP contribution in [0.15, 0.2) is 12.1 Å². The van der Waals surface area contributed by atoms with E-state index < -0.39 is 41.1 Å². The lowest BCUT2D eigenvalue weighted by atomic mass is 10.0. The molecule has 8 nitrogen and oxygen atoms in total. The average Bonchev–Trinajstić information content (AvgIpc) is 2.98. The number of rotatable bonds is 9. The Hall–Kier alpha value is -3.45. The fraction of sp³-hybridized carbons (Fsp3) is 0.500. The number of likely N-dealkylation sites (N-methyl/N-ethyl adjacent to an activating group) is 1. The molecule has 3 heterocycles. The maximum Gasteiger partial charge on any atom is 0.573 e. The molecule has 4 N–H and O–H groups in total. The lowest BCUT2D eigenvalue weighted by Crippen LogP contribution is -2.48. The molecular weight excluding hydrogens is 547 g/mol. The third kappa shape index (κ3) is 6.56. The van der Waals surface area contributed by atoms with Crippen LogP contribution < -0.4 is 25.8 Å². The molecule has 1 aromatic carbocycles. The van der Waals surface area contributed by atoms with Gasteiger partial charge in [-0.2, -0.15) is 0 Å². The van der Waals surface area contributed by atoms with Gasteiger partial charge in [-0.3, -0.25) is 0 Å². The van der Waals surface area contributed by atoms with Gasteiger partial charge in [-0.1, -0.05) is 13.3 Å². The highest BCUT2D eigenvalue weighted by atomic mass is 19.4. The van der Waals surface area contributed by atoms with Crippen LogP contribution in [0.5, 0.6) is 11.6 Å². The van der Waals surface area contributed by atoms with Crippen LogP contribution in [0.25, 0.3) is 22.0 Å². The zero-order valence-electron chi connectivity index (χ0n) is 23.8. The highest BCUT2D eigenvalue weighted by molar-refractivity contribution is 6.01. The second-order valence-corrected chi connectivity index (χ2v) is 10.7. The Morgan fingerprint density at radius 3 is 2.51 bits per heavy atom. The number of alkyl halides is 3. The number of anilines is 2. The van der Waals surface area contributed by atoms with Crippen molar-refractivity contribution in [2.45, 2.75) is 65.1 Å². The first kappa shape index (κ1) is 30.5. The monoisotopic (exact) mass is 582 g/mol. The molecule has 0 aliphatic carbocycles. The predicted molar refractivity (Wildman–Crippen MR) is 148 cm³/mol. The number of benzene rings is 1. The normalized spacial score (nSPS) is 17.8. The summed E-state index contributed by atoms with van der Waals surface area (Å²) < 4.78 is 80.8. The molecule has 0 radical (unpaired) electrons. The van der Waals surface area contributed by atoms with Crippen molar-refractivity contribution in [2.24, 2.45) is 0 Å². The summed E-state index contributed by atoms with van der Waals surface area (Å²) >= 11 is 0. The van der Waals surface area contributed by atoms with E-state index in [4.69, 9.17) is 10.5 Å². The number of aryl methyl sites for hydroxylation is 2. The molecule has 3 unspecified atom stereocenters. The van der Waals surface area contributed by atoms with Gasteiger partial charge in [-0.25, -0.2) is 18.7 Å². The van der Waals surface area contributed by atoms with E-state index >= 15 is 4.39 Å². The smallest absolute Gasteiger partial charge is 0.472 e. The van der Waals surface area contributed by atoms with E-state index in [1.54, 1.807) is 20.8 Å². The number of hydrogen-bond acceptors (Lipinski definition) is 8. The van der Waals surface area contributed by atoms with E-state index in [9.17, 15) is 17.6 Å². The lowest BCUT2D eigenvalue weighted by molar-refractivity contribution is -0.275. The molecule has 41 heavy (non-hydrogen) atoms. The summed E-state index contributed by atoms with van der Waals surface area (Å²) in [6, 6.07) is 1.55. The molecule has 1 aliphatic heterocycles. The van der Waals surface area contributed by atoms with Crippen molar-refractivity contribution in [2.75, 3.05) is 38.2 Å². The fourth-order valence-electron chi connectivity index (χ4n) is 5.09. The van der Waals surface area contributed by atoms with Crippen LogP contribution in [-0.4, -0.2) is 66.6 Å². The van der Waals surface area contributed by atoms with Gasteiger partial charge >= 0.3 is 6.36 Å². The summed E-state index contributed by atoms with van der Waals surface area (Å²) in [6.45, 7) is 8.57. The minimum atomic E-state index is -5.24. The van der Waals surface area contributed by atoms with Crippen molar-refractivity contribution in [3.05, 3.63) is 35.0 Å². The van der Waals surface area contributed by atoms with E-state index in [0.29, 0.717) is 29.7 Å². The molecule has 0 saturated heterocycles. The Kier molecular flexibility index (Phi) is 8.78. The molecule has 4 rings (SSSR count). The molecule has 0 bridgehead atoms. The third-order valence-corrected chi connectivity index (χ3v) is 7.11. The molecule has 0 saturated carbocycles. The zero-order valence-corrected chi connectivity index (χ0v) is 23.8. The summed E-state index contributed by atoms with van der Waals surface area (Å²) in [5.74, 6) is -3.35. The van der Waals surface area contributed by atoms with Gasteiger partial charge in [0.25, 0.3) is 0 Å². The van der Waals surface area contributed by atoms with E-state index in [-0.39, 0.29) is 34.4 Å². The zero-order chi connectivity index (χ0) is 30.2. The average molecular weight is 583 g/mol. The van der Waals surface area contributed by atoms with E-state index in [1.807, 2.05) is 14.1 Å². The van der Waals surface area contributed by atoms with Crippen molar-refractivity contribution in [1.82, 2.24) is 20.2 Å². The summed E-state index contributed by atoms with van der Waals surface area (Å²) in [5, 5.41) is 7.22. The number of pyridine rings is 2. The molecule has 0 spiro atoms. The van der Waals surface area contributed by atoms with Gasteiger partial charge in [0.1, 0.15) is 17.6 Å². The van der Waals surface area contributed by atoms with Crippen LogP contribution in [0, 0.1) is 25.5 Å². The summed E-state index contributed by atoms with van der Waals surface area (Å²) in [6.07, 6.45) is -3.80. The Morgan fingerprint density at radius 2 is 1.88 bits per heavy atom. The van der Waals surface area contributed by atoms with Crippen LogP contribution in [0.1, 0.15) is 37.9 Å². The molecule has 3 aromatic rings. The van der Waals surface area contributed by atoms with Gasteiger partial charge in [0.05, 0.1) is 17.0 Å². The van der Waals surface area contributed by atoms with Gasteiger partial charge in [-0.05, 0) is 52.9 Å². The number of nitrogens with zero attached hydrogens (tertiary/aromatic N) is 3. The Balaban J connectivity index is 1.84. The van der Waals surface area contributed by atoms with Crippen molar-refractivity contribution in [3.63, 3.8) is 0 Å². The number of aromatic nitrogens is 2. The molecule has 224 valence electrons. The van der Waals surface area contributed by atoms with E-state index in [1.165, 1.54) is 0 Å². The van der Waals surface area contributed by atoms with Gasteiger partial charge in [0, 0.05) is 42.0 Å². The first-order chi connectivity index (χ1) is 19.2. The number of nitrogen functional groups attached to an aromatic ring is 1. The first-order valence-electron chi connectivity index (χ1n) is 13.4. The Labute approximate surface area is 235 Å². The number of hydrogen-bond donors (Lipinski definition) is 3. The largest absolute Gasteiger partial charge is 0.573 e. The third-order valence-electron chi connectivity index (χ3n) is 7.11. The van der Waals surface area contributed by atoms with Crippen LogP contribution in [-0.2, 0) is 0 Å². The van der Waals surface area contributed by atoms with Crippen LogP contribution >= 0.6 is 0 Å². The highest BCUT2D eigenvalue weighted by Gasteiger charge is 2.36. The molecular formula is C28H35F5N6O2. The van der Waals surface area contributed by atoms with E-state index in [0.717, 1.165) is 25.5 Å². The SMILES string of the molecule is CCCC(CN(C)C)NCC1Nc2nc(C)c(C)c3c(F)c(-c4cc(N)cc(F)c4OC(F)(F)F)nc(c23)OC1C. The summed E-state index contributed by atoms with van der Waals surface area (Å²) in [4.78, 5) is 11.0. The maximum absolute atomic E-state index is 16.3. The van der Waals surface area contributed by atoms with Crippen molar-refractivity contribution >= 4 is 22.3 Å². The van der Waals surface area contributed by atoms with E-state index in [2.05, 4.69) is 37.2 Å². The second kappa shape index (κ2) is 11.8. The minimum Gasteiger partial charge on any atom is -0.472 e. The van der Waals surface area contributed by atoms with Gasteiger partial charge in [0.2, 0.25) is 5.88 Å². The molecule has 13 heteroatoms. The quantitative estimate of drug-likeness (QED) is 0.223. The molecule has 0 amide bonds. The number of ether oxygens (including phenoxy) is 2. The van der Waals surface area contributed by atoms with Crippen LogP contribution in [0.4, 0.5) is 33.5 Å². The standard InChI is InChI=1S/C28H35F5N6O2/c1-7-8-17(12-39(5)6)35-11-20-15(4)40-27-22-21(13(2)14(3)36-26(22)37-20)23(30)24(38-27)18-9-16(34)10-19(29)25(18)41-28(31,32)33/h9-10,15,17,20,35H,7-8,11-12,34H2,1-6H3,(H,36,37). The number of nitrogens with two attached hydrogens (primary N) is 1. The molecule has 0 fully saturated rings. The van der Waals surface area contributed by atoms with Crippen molar-refractivity contribution in [3.8, 4) is 22.9 Å². The predicted octanol–water partition coefficient (Wildman–Crippen LogP) is 5.55.